The molecule has 6 heteroatoms. The fraction of sp³-hybridized carbons (Fsp3) is 0.727. The first-order valence-electron chi connectivity index (χ1n) is 5.34. The molecule has 0 aliphatic carbocycles. The zero-order valence-corrected chi connectivity index (χ0v) is 10.8. The van der Waals surface area contributed by atoms with Gasteiger partial charge in [-0.05, 0) is 20.3 Å². The summed E-state index contributed by atoms with van der Waals surface area (Å²) in [5, 5.41) is 17.6. The third-order valence-corrected chi connectivity index (χ3v) is 2.74. The molecule has 0 rings (SSSR count). The average molecular weight is 261 g/mol. The van der Waals surface area contributed by atoms with Gasteiger partial charge in [-0.3, -0.25) is 4.79 Å². The number of carbonyl (C=O) groups excluding carboxylic acids is 1. The van der Waals surface area contributed by atoms with Crippen LogP contribution in [0.4, 0.5) is 0 Å². The summed E-state index contributed by atoms with van der Waals surface area (Å²) in [6.45, 7) is 3.02. The Balaban J connectivity index is 4.81. The Kier molecular flexibility index (Phi) is 6.59. The highest BCUT2D eigenvalue weighted by Gasteiger charge is 2.37. The van der Waals surface area contributed by atoms with Crippen LogP contribution in [0.25, 0.3) is 0 Å². The van der Waals surface area contributed by atoms with Gasteiger partial charge in [0, 0.05) is 18.8 Å². The molecule has 5 nitrogen and oxygen atoms in total. The van der Waals surface area contributed by atoms with Crippen LogP contribution in [0.15, 0.2) is 0 Å². The Bertz CT molecular complexity index is 323. The second-order valence-electron chi connectivity index (χ2n) is 4.11. The molecule has 96 valence electrons. The molecule has 0 fully saturated rings. The van der Waals surface area contributed by atoms with E-state index in [1.54, 1.807) is 0 Å². The zero-order chi connectivity index (χ0) is 13.5. The molecule has 0 aliphatic heterocycles. The number of carbonyl (C=O) groups is 2. The summed E-state index contributed by atoms with van der Waals surface area (Å²) >= 11 is 5.49. The molecular weight excluding hydrogens is 244 g/mol. The van der Waals surface area contributed by atoms with E-state index in [1.807, 2.05) is 6.07 Å². The van der Waals surface area contributed by atoms with Crippen molar-refractivity contribution in [1.29, 1.82) is 5.26 Å². The van der Waals surface area contributed by atoms with Crippen LogP contribution in [0.5, 0.6) is 0 Å². The molecular formula is C11H17ClN2O3. The second-order valence-corrected chi connectivity index (χ2v) is 4.49. The zero-order valence-electron chi connectivity index (χ0n) is 10.1. The van der Waals surface area contributed by atoms with Gasteiger partial charge in [0.15, 0.2) is 0 Å². The number of carboxylic acids is 1. The maximum Gasteiger partial charge on any atom is 0.329 e. The smallest absolute Gasteiger partial charge is 0.329 e. The van der Waals surface area contributed by atoms with Crippen LogP contribution in [-0.2, 0) is 9.59 Å². The van der Waals surface area contributed by atoms with Gasteiger partial charge in [-0.15, -0.1) is 11.6 Å². The molecule has 0 radical (unpaired) electrons. The van der Waals surface area contributed by atoms with Crippen LogP contribution in [0.3, 0.4) is 0 Å². The SMILES string of the molecule is CC(C)(C(=O)O)N(CCC#N)C(=O)CCCCl. The van der Waals surface area contributed by atoms with Gasteiger partial charge in [-0.1, -0.05) is 0 Å². The highest BCUT2D eigenvalue weighted by Crippen LogP contribution is 2.17. The number of hydrogen-bond donors (Lipinski definition) is 1. The minimum atomic E-state index is -1.31. The summed E-state index contributed by atoms with van der Waals surface area (Å²) in [6, 6.07) is 1.91. The van der Waals surface area contributed by atoms with E-state index in [2.05, 4.69) is 0 Å². The predicted octanol–water partition coefficient (Wildman–Crippen LogP) is 1.61. The average Bonchev–Trinajstić information content (AvgIpc) is 2.26. The van der Waals surface area contributed by atoms with Crippen molar-refractivity contribution < 1.29 is 14.7 Å². The number of rotatable bonds is 7. The lowest BCUT2D eigenvalue weighted by atomic mass is 10.0. The minimum Gasteiger partial charge on any atom is -0.480 e. The van der Waals surface area contributed by atoms with Gasteiger partial charge in [0.1, 0.15) is 5.54 Å². The molecule has 0 heterocycles. The Morgan fingerprint density at radius 2 is 2.06 bits per heavy atom. The quantitative estimate of drug-likeness (QED) is 0.705. The molecule has 0 unspecified atom stereocenters. The molecule has 0 aromatic rings. The normalized spacial score (nSPS) is 10.7. The maximum absolute atomic E-state index is 11.9. The van der Waals surface area contributed by atoms with E-state index in [1.165, 1.54) is 18.7 Å². The lowest BCUT2D eigenvalue weighted by Crippen LogP contribution is -2.53. The fourth-order valence-corrected chi connectivity index (χ4v) is 1.48. The van der Waals surface area contributed by atoms with Gasteiger partial charge in [0.25, 0.3) is 0 Å². The lowest BCUT2D eigenvalue weighted by molar-refractivity contribution is -0.156. The van der Waals surface area contributed by atoms with E-state index in [0.717, 1.165) is 0 Å². The third kappa shape index (κ3) is 4.61. The summed E-state index contributed by atoms with van der Waals surface area (Å²) in [7, 11) is 0. The number of halogens is 1. The Hall–Kier alpha value is -1.28. The maximum atomic E-state index is 11.9. The molecule has 1 amide bonds. The Labute approximate surface area is 106 Å². The van der Waals surface area contributed by atoms with Crippen molar-refractivity contribution in [2.45, 2.75) is 38.6 Å². The topological polar surface area (TPSA) is 81.4 Å². The number of nitrogens with zero attached hydrogens (tertiary/aromatic N) is 2. The third-order valence-electron chi connectivity index (χ3n) is 2.47. The molecule has 1 N–H and O–H groups in total. The van der Waals surface area contributed by atoms with Gasteiger partial charge < -0.3 is 10.0 Å². The predicted molar refractivity (Wildman–Crippen MR) is 63.6 cm³/mol. The van der Waals surface area contributed by atoms with Crippen molar-refractivity contribution in [3.05, 3.63) is 0 Å². The van der Waals surface area contributed by atoms with Crippen molar-refractivity contribution >= 4 is 23.5 Å². The van der Waals surface area contributed by atoms with Crippen LogP contribution >= 0.6 is 11.6 Å². The molecule has 0 aromatic carbocycles. The molecule has 0 bridgehead atoms. The standard InChI is InChI=1S/C11H17ClN2O3/c1-11(2,10(16)17)14(8-4-7-13)9(15)5-3-6-12/h3-6,8H2,1-2H3,(H,16,17). The molecule has 0 saturated heterocycles. The van der Waals surface area contributed by atoms with Crippen LogP contribution in [0, 0.1) is 11.3 Å². The van der Waals surface area contributed by atoms with Gasteiger partial charge in [-0.2, -0.15) is 5.26 Å². The number of aliphatic carboxylic acids is 1. The summed E-state index contributed by atoms with van der Waals surface area (Å²) in [6.07, 6.45) is 0.814. The first-order valence-corrected chi connectivity index (χ1v) is 5.88. The van der Waals surface area contributed by atoms with E-state index in [4.69, 9.17) is 22.0 Å². The number of nitriles is 1. The Morgan fingerprint density at radius 3 is 2.47 bits per heavy atom. The van der Waals surface area contributed by atoms with Crippen LogP contribution in [-0.4, -0.2) is 39.8 Å². The second kappa shape index (κ2) is 7.13. The molecule has 0 aromatic heterocycles. The van der Waals surface area contributed by atoms with Crippen molar-refractivity contribution in [2.24, 2.45) is 0 Å². The first kappa shape index (κ1) is 15.7. The van der Waals surface area contributed by atoms with Crippen molar-refractivity contribution in [3.63, 3.8) is 0 Å². The molecule has 0 aliphatic rings. The van der Waals surface area contributed by atoms with E-state index in [-0.39, 0.29) is 25.3 Å². The van der Waals surface area contributed by atoms with E-state index < -0.39 is 11.5 Å². The molecule has 17 heavy (non-hydrogen) atoms. The summed E-state index contributed by atoms with van der Waals surface area (Å²) in [5.41, 5.74) is -1.31. The van der Waals surface area contributed by atoms with Crippen molar-refractivity contribution in [3.8, 4) is 6.07 Å². The summed E-state index contributed by atoms with van der Waals surface area (Å²) < 4.78 is 0. The van der Waals surface area contributed by atoms with Gasteiger partial charge in [-0.25, -0.2) is 4.79 Å². The number of hydrogen-bond acceptors (Lipinski definition) is 3. The van der Waals surface area contributed by atoms with E-state index in [9.17, 15) is 9.59 Å². The van der Waals surface area contributed by atoms with E-state index >= 15 is 0 Å². The van der Waals surface area contributed by atoms with Gasteiger partial charge >= 0.3 is 5.97 Å². The highest BCUT2D eigenvalue weighted by atomic mass is 35.5. The largest absolute Gasteiger partial charge is 0.480 e. The van der Waals surface area contributed by atoms with Crippen LogP contribution in [0.1, 0.15) is 33.1 Å². The number of alkyl halides is 1. The van der Waals surface area contributed by atoms with Crippen LogP contribution < -0.4 is 0 Å². The summed E-state index contributed by atoms with van der Waals surface area (Å²) in [4.78, 5) is 24.2. The van der Waals surface area contributed by atoms with Gasteiger partial charge in [0.05, 0.1) is 12.5 Å². The highest BCUT2D eigenvalue weighted by molar-refractivity contribution is 6.17. The number of amides is 1. The van der Waals surface area contributed by atoms with Crippen molar-refractivity contribution in [2.75, 3.05) is 12.4 Å². The van der Waals surface area contributed by atoms with Gasteiger partial charge in [0.2, 0.25) is 5.91 Å². The minimum absolute atomic E-state index is 0.114. The Morgan fingerprint density at radius 1 is 1.47 bits per heavy atom. The lowest BCUT2D eigenvalue weighted by Gasteiger charge is -2.34. The molecule has 0 atom stereocenters. The fourth-order valence-electron chi connectivity index (χ4n) is 1.35. The first-order chi connectivity index (χ1) is 7.87. The molecule has 0 saturated carbocycles. The number of carboxylic acid groups (broad SMARTS) is 1. The monoisotopic (exact) mass is 260 g/mol. The summed E-state index contributed by atoms with van der Waals surface area (Å²) in [5.74, 6) is -1.02. The van der Waals surface area contributed by atoms with Crippen molar-refractivity contribution in [1.82, 2.24) is 4.90 Å². The molecule has 0 spiro atoms. The van der Waals surface area contributed by atoms with Crippen LogP contribution in [0.2, 0.25) is 0 Å². The van der Waals surface area contributed by atoms with E-state index in [0.29, 0.717) is 12.3 Å².